The first kappa shape index (κ1) is 17.4. The fourth-order valence-electron chi connectivity index (χ4n) is 2.79. The first-order valence-electron chi connectivity index (χ1n) is 8.39. The Morgan fingerprint density at radius 3 is 2.63 bits per heavy atom. The average molecular weight is 380 g/mol. The van der Waals surface area contributed by atoms with Gasteiger partial charge in [0.25, 0.3) is 11.1 Å². The molecule has 136 valence electrons. The van der Waals surface area contributed by atoms with Crippen molar-refractivity contribution >= 4 is 40.0 Å². The number of benzene rings is 1. The number of rotatable bonds is 4. The predicted octanol–water partition coefficient (Wildman–Crippen LogP) is 4.61. The summed E-state index contributed by atoms with van der Waals surface area (Å²) in [5, 5.41) is 2.66. The Balaban J connectivity index is 1.70. The summed E-state index contributed by atoms with van der Waals surface area (Å²) >= 11 is 0.857. The number of hydrogen-bond acceptors (Lipinski definition) is 6. The Kier molecular flexibility index (Phi) is 4.45. The van der Waals surface area contributed by atoms with E-state index in [2.05, 4.69) is 10.3 Å². The highest BCUT2D eigenvalue weighted by Crippen LogP contribution is 2.33. The second kappa shape index (κ2) is 6.92. The van der Waals surface area contributed by atoms with Crippen molar-refractivity contribution in [2.75, 3.05) is 0 Å². The van der Waals surface area contributed by atoms with Crippen LogP contribution < -0.4 is 10.1 Å². The Morgan fingerprint density at radius 2 is 1.96 bits per heavy atom. The van der Waals surface area contributed by atoms with Gasteiger partial charge in [-0.25, -0.2) is 0 Å². The molecule has 4 rings (SSSR count). The van der Waals surface area contributed by atoms with E-state index in [1.807, 2.05) is 38.1 Å². The fourth-order valence-corrected chi connectivity index (χ4v) is 3.46. The number of hydrogen-bond donors (Lipinski definition) is 1. The van der Waals surface area contributed by atoms with Crippen LogP contribution in [0.2, 0.25) is 0 Å². The third kappa shape index (κ3) is 3.59. The molecule has 7 heteroatoms. The average Bonchev–Trinajstić information content (AvgIpc) is 3.17. The lowest BCUT2D eigenvalue weighted by molar-refractivity contribution is -0.115. The predicted molar refractivity (Wildman–Crippen MR) is 104 cm³/mol. The molecular formula is C20H16N2O4S. The zero-order valence-electron chi connectivity index (χ0n) is 14.7. The van der Waals surface area contributed by atoms with Gasteiger partial charge in [0.1, 0.15) is 17.1 Å². The highest BCUT2D eigenvalue weighted by Gasteiger charge is 2.25. The molecule has 0 unspecified atom stereocenters. The van der Waals surface area contributed by atoms with E-state index in [0.29, 0.717) is 16.2 Å². The number of furan rings is 1. The van der Waals surface area contributed by atoms with Crippen molar-refractivity contribution in [3.63, 3.8) is 0 Å². The fraction of sp³-hybridized carbons (Fsp3) is 0.150. The van der Waals surface area contributed by atoms with Gasteiger partial charge in [-0.3, -0.25) is 19.9 Å². The molecule has 0 saturated carbocycles. The molecule has 2 aromatic heterocycles. The lowest BCUT2D eigenvalue weighted by Crippen LogP contribution is -2.17. The van der Waals surface area contributed by atoms with Gasteiger partial charge in [0, 0.05) is 29.4 Å². The third-order valence-electron chi connectivity index (χ3n) is 3.89. The number of pyridine rings is 1. The van der Waals surface area contributed by atoms with E-state index >= 15 is 0 Å². The summed E-state index contributed by atoms with van der Waals surface area (Å²) in [5.74, 6) is 0.878. The molecule has 0 atom stereocenters. The molecule has 1 saturated heterocycles. The summed E-state index contributed by atoms with van der Waals surface area (Å²) in [6.07, 6.45) is 5.11. The molecule has 0 spiro atoms. The topological polar surface area (TPSA) is 81.4 Å². The van der Waals surface area contributed by atoms with Crippen molar-refractivity contribution in [1.82, 2.24) is 10.3 Å². The first-order chi connectivity index (χ1) is 13.0. The maximum absolute atomic E-state index is 11.7. The van der Waals surface area contributed by atoms with Crippen molar-refractivity contribution in [1.29, 1.82) is 0 Å². The molecule has 1 aromatic carbocycles. The van der Waals surface area contributed by atoms with Gasteiger partial charge in [0.05, 0.1) is 11.0 Å². The van der Waals surface area contributed by atoms with E-state index in [1.54, 1.807) is 24.5 Å². The SMILES string of the molecule is CC(C)Oc1ccc(-c2cncc3cc(/C=C4/SC(=O)NC4=O)oc23)cc1. The Hall–Kier alpha value is -3.06. The van der Waals surface area contributed by atoms with E-state index in [0.717, 1.165) is 34.0 Å². The van der Waals surface area contributed by atoms with E-state index in [1.165, 1.54) is 0 Å². The van der Waals surface area contributed by atoms with Crippen LogP contribution >= 0.6 is 11.8 Å². The number of amides is 2. The molecule has 1 N–H and O–H groups in total. The van der Waals surface area contributed by atoms with Gasteiger partial charge in [-0.15, -0.1) is 0 Å². The molecule has 1 aliphatic rings. The van der Waals surface area contributed by atoms with E-state index in [4.69, 9.17) is 9.15 Å². The van der Waals surface area contributed by atoms with Crippen LogP contribution in [0.5, 0.6) is 5.75 Å². The Bertz CT molecular complexity index is 1070. The van der Waals surface area contributed by atoms with Crippen molar-refractivity contribution in [2.45, 2.75) is 20.0 Å². The molecule has 3 aromatic rings. The van der Waals surface area contributed by atoms with Gasteiger partial charge in [0.2, 0.25) is 0 Å². The summed E-state index contributed by atoms with van der Waals surface area (Å²) < 4.78 is 11.6. The number of carbonyl (C=O) groups is 2. The standard InChI is InChI=1S/C20H16N2O4S/c1-11(2)25-14-5-3-12(4-6-14)16-10-21-9-13-7-15(26-18(13)16)8-17-19(23)22-20(24)27-17/h3-11H,1-2H3,(H,22,23,24)/b17-8+. The van der Waals surface area contributed by atoms with Crippen LogP contribution in [-0.4, -0.2) is 22.2 Å². The first-order valence-corrected chi connectivity index (χ1v) is 9.21. The number of imide groups is 1. The summed E-state index contributed by atoms with van der Waals surface area (Å²) in [5.41, 5.74) is 2.46. The zero-order valence-corrected chi connectivity index (χ0v) is 15.5. The van der Waals surface area contributed by atoms with Crippen LogP contribution in [0.3, 0.4) is 0 Å². The van der Waals surface area contributed by atoms with Crippen LogP contribution in [0.4, 0.5) is 4.79 Å². The number of ether oxygens (including phenoxy) is 1. The van der Waals surface area contributed by atoms with Crippen molar-refractivity contribution in [3.05, 3.63) is 53.4 Å². The maximum Gasteiger partial charge on any atom is 0.290 e. The highest BCUT2D eigenvalue weighted by molar-refractivity contribution is 8.18. The van der Waals surface area contributed by atoms with Crippen LogP contribution in [0.25, 0.3) is 28.2 Å². The minimum absolute atomic E-state index is 0.110. The monoisotopic (exact) mass is 380 g/mol. The van der Waals surface area contributed by atoms with Crippen molar-refractivity contribution in [2.24, 2.45) is 0 Å². The zero-order chi connectivity index (χ0) is 19.0. The van der Waals surface area contributed by atoms with Crippen molar-refractivity contribution in [3.8, 4) is 16.9 Å². The van der Waals surface area contributed by atoms with Gasteiger partial charge >= 0.3 is 0 Å². The van der Waals surface area contributed by atoms with Crippen LogP contribution in [0, 0.1) is 0 Å². The summed E-state index contributed by atoms with van der Waals surface area (Å²) in [7, 11) is 0. The van der Waals surface area contributed by atoms with Gasteiger partial charge < -0.3 is 9.15 Å². The lowest BCUT2D eigenvalue weighted by atomic mass is 10.1. The van der Waals surface area contributed by atoms with Gasteiger partial charge in [-0.05, 0) is 49.4 Å². The second-order valence-electron chi connectivity index (χ2n) is 6.30. The van der Waals surface area contributed by atoms with Crippen LogP contribution in [-0.2, 0) is 4.79 Å². The van der Waals surface area contributed by atoms with Crippen LogP contribution in [0.15, 0.2) is 52.0 Å². The number of nitrogens with one attached hydrogen (secondary N) is 1. The minimum atomic E-state index is -0.412. The molecule has 3 heterocycles. The summed E-state index contributed by atoms with van der Waals surface area (Å²) in [4.78, 5) is 27.6. The lowest BCUT2D eigenvalue weighted by Gasteiger charge is -2.10. The number of nitrogens with zero attached hydrogens (tertiary/aromatic N) is 1. The molecule has 0 bridgehead atoms. The molecule has 6 nitrogen and oxygen atoms in total. The molecular weight excluding hydrogens is 364 g/mol. The molecule has 1 aliphatic heterocycles. The molecule has 1 fully saturated rings. The van der Waals surface area contributed by atoms with Crippen LogP contribution in [0.1, 0.15) is 19.6 Å². The highest BCUT2D eigenvalue weighted by atomic mass is 32.2. The normalized spacial score (nSPS) is 15.7. The van der Waals surface area contributed by atoms with Crippen molar-refractivity contribution < 1.29 is 18.7 Å². The second-order valence-corrected chi connectivity index (χ2v) is 7.31. The Labute approximate surface area is 159 Å². The molecule has 2 amide bonds. The largest absolute Gasteiger partial charge is 0.491 e. The minimum Gasteiger partial charge on any atom is -0.491 e. The smallest absolute Gasteiger partial charge is 0.290 e. The van der Waals surface area contributed by atoms with E-state index < -0.39 is 5.91 Å². The number of fused-ring (bicyclic) bond motifs is 1. The summed E-state index contributed by atoms with van der Waals surface area (Å²) in [6.45, 7) is 3.96. The Morgan fingerprint density at radius 1 is 1.19 bits per heavy atom. The van der Waals surface area contributed by atoms with Gasteiger partial charge in [-0.2, -0.15) is 0 Å². The molecule has 0 aliphatic carbocycles. The molecule has 27 heavy (non-hydrogen) atoms. The van der Waals surface area contributed by atoms with E-state index in [9.17, 15) is 9.59 Å². The quantitative estimate of drug-likeness (QED) is 0.666. The molecule has 0 radical (unpaired) electrons. The summed E-state index contributed by atoms with van der Waals surface area (Å²) in [6, 6.07) is 9.52. The number of carbonyl (C=O) groups excluding carboxylic acids is 2. The number of thioether (sulfide) groups is 1. The van der Waals surface area contributed by atoms with Gasteiger partial charge in [-0.1, -0.05) is 12.1 Å². The third-order valence-corrected chi connectivity index (χ3v) is 4.70. The van der Waals surface area contributed by atoms with Gasteiger partial charge in [0.15, 0.2) is 0 Å². The number of aromatic nitrogens is 1. The maximum atomic E-state index is 11.7. The van der Waals surface area contributed by atoms with E-state index in [-0.39, 0.29) is 11.3 Å².